The van der Waals surface area contributed by atoms with Crippen molar-refractivity contribution < 1.29 is 4.74 Å². The molecule has 86 valence electrons. The maximum atomic E-state index is 5.59. The van der Waals surface area contributed by atoms with Crippen LogP contribution in [-0.2, 0) is 11.3 Å². The molecule has 0 aromatic carbocycles. The minimum Gasteiger partial charge on any atom is -0.375 e. The molecule has 1 rings (SSSR count). The predicted molar refractivity (Wildman–Crippen MR) is 61.8 cm³/mol. The lowest BCUT2D eigenvalue weighted by molar-refractivity contribution is 0.111. The normalized spacial score (nSPS) is 13.0. The van der Waals surface area contributed by atoms with Crippen LogP contribution in [0.5, 0.6) is 0 Å². The van der Waals surface area contributed by atoms with Crippen LogP contribution in [0.4, 0.5) is 0 Å². The van der Waals surface area contributed by atoms with E-state index < -0.39 is 0 Å². The highest BCUT2D eigenvalue weighted by Gasteiger charge is 2.07. The summed E-state index contributed by atoms with van der Waals surface area (Å²) in [5, 5.41) is 4.32. The Morgan fingerprint density at radius 3 is 2.93 bits per heavy atom. The van der Waals surface area contributed by atoms with Crippen LogP contribution in [0.25, 0.3) is 0 Å². The average molecular weight is 210 g/mol. The predicted octanol–water partition coefficient (Wildman–Crippen LogP) is 3.17. The van der Waals surface area contributed by atoms with Crippen LogP contribution in [0.15, 0.2) is 12.3 Å². The Bertz CT molecular complexity index is 270. The Balaban J connectivity index is 2.43. The molecule has 0 aliphatic rings. The average Bonchev–Trinajstić information content (AvgIpc) is 2.71. The molecule has 0 amide bonds. The van der Waals surface area contributed by atoms with Crippen LogP contribution in [0, 0.1) is 0 Å². The summed E-state index contributed by atoms with van der Waals surface area (Å²) in [6.45, 7) is 8.07. The standard InChI is InChI=1S/C12H22N2O/c1-4-6-9-15-10-12-7-8-13-14(12)11(3)5-2/h7-8,11H,4-6,9-10H2,1-3H3/t11-/m1/s1. The first kappa shape index (κ1) is 12.2. The lowest BCUT2D eigenvalue weighted by atomic mass is 10.2. The molecule has 0 aliphatic heterocycles. The molecule has 0 aliphatic carbocycles. The molecule has 3 nitrogen and oxygen atoms in total. The third-order valence-corrected chi connectivity index (χ3v) is 2.65. The molecule has 1 aromatic heterocycles. The Labute approximate surface area is 92.4 Å². The van der Waals surface area contributed by atoms with Gasteiger partial charge in [-0.2, -0.15) is 5.10 Å². The van der Waals surface area contributed by atoms with Crippen LogP contribution in [0.3, 0.4) is 0 Å². The molecule has 0 unspecified atom stereocenters. The van der Waals surface area contributed by atoms with Crippen LogP contribution in [0.2, 0.25) is 0 Å². The molecule has 1 aromatic rings. The van der Waals surface area contributed by atoms with Crippen molar-refractivity contribution in [3.05, 3.63) is 18.0 Å². The topological polar surface area (TPSA) is 27.1 Å². The molecule has 15 heavy (non-hydrogen) atoms. The zero-order valence-corrected chi connectivity index (χ0v) is 10.1. The first-order valence-corrected chi connectivity index (χ1v) is 5.89. The number of nitrogens with zero attached hydrogens (tertiary/aromatic N) is 2. The number of hydrogen-bond donors (Lipinski definition) is 0. The van der Waals surface area contributed by atoms with E-state index in [0.29, 0.717) is 12.6 Å². The van der Waals surface area contributed by atoms with E-state index in [2.05, 4.69) is 30.6 Å². The largest absolute Gasteiger partial charge is 0.375 e. The van der Waals surface area contributed by atoms with Crippen LogP contribution >= 0.6 is 0 Å². The number of hydrogen-bond acceptors (Lipinski definition) is 2. The summed E-state index contributed by atoms with van der Waals surface area (Å²) < 4.78 is 7.65. The highest BCUT2D eigenvalue weighted by atomic mass is 16.5. The third kappa shape index (κ3) is 3.67. The van der Waals surface area contributed by atoms with Gasteiger partial charge in [-0.3, -0.25) is 4.68 Å². The summed E-state index contributed by atoms with van der Waals surface area (Å²) >= 11 is 0. The molecule has 0 saturated heterocycles. The summed E-state index contributed by atoms with van der Waals surface area (Å²) in [7, 11) is 0. The van der Waals surface area contributed by atoms with Gasteiger partial charge in [-0.15, -0.1) is 0 Å². The van der Waals surface area contributed by atoms with Gasteiger partial charge in [0.2, 0.25) is 0 Å². The van der Waals surface area contributed by atoms with E-state index in [-0.39, 0.29) is 0 Å². The molecule has 0 fully saturated rings. The van der Waals surface area contributed by atoms with Gasteiger partial charge < -0.3 is 4.74 Å². The third-order valence-electron chi connectivity index (χ3n) is 2.65. The lowest BCUT2D eigenvalue weighted by Crippen LogP contribution is -2.10. The fourth-order valence-corrected chi connectivity index (χ4v) is 1.45. The number of ether oxygens (including phenoxy) is 1. The summed E-state index contributed by atoms with van der Waals surface area (Å²) in [4.78, 5) is 0. The number of aromatic nitrogens is 2. The second-order valence-corrected chi connectivity index (χ2v) is 3.93. The lowest BCUT2D eigenvalue weighted by Gasteiger charge is -2.13. The first-order valence-electron chi connectivity index (χ1n) is 5.89. The molecule has 0 radical (unpaired) electrons. The van der Waals surface area contributed by atoms with E-state index >= 15 is 0 Å². The smallest absolute Gasteiger partial charge is 0.0884 e. The Kier molecular flexibility index (Phi) is 5.40. The molecule has 0 N–H and O–H groups in total. The van der Waals surface area contributed by atoms with Crippen LogP contribution in [-0.4, -0.2) is 16.4 Å². The van der Waals surface area contributed by atoms with Crippen molar-refractivity contribution >= 4 is 0 Å². The van der Waals surface area contributed by atoms with Crippen LogP contribution in [0.1, 0.15) is 51.8 Å². The van der Waals surface area contributed by atoms with E-state index in [1.165, 1.54) is 12.1 Å². The second-order valence-electron chi connectivity index (χ2n) is 3.93. The highest BCUT2D eigenvalue weighted by Crippen LogP contribution is 2.12. The molecule has 3 heteroatoms. The van der Waals surface area contributed by atoms with E-state index in [4.69, 9.17) is 4.74 Å². The zero-order chi connectivity index (χ0) is 11.1. The number of rotatable bonds is 7. The minimum atomic E-state index is 0.463. The van der Waals surface area contributed by atoms with E-state index in [1.54, 1.807) is 0 Å². The van der Waals surface area contributed by atoms with Crippen molar-refractivity contribution in [2.75, 3.05) is 6.61 Å². The van der Waals surface area contributed by atoms with Gasteiger partial charge in [0.1, 0.15) is 0 Å². The summed E-state index contributed by atoms with van der Waals surface area (Å²) in [6, 6.07) is 2.50. The number of unbranched alkanes of at least 4 members (excludes halogenated alkanes) is 1. The second kappa shape index (κ2) is 6.62. The Hall–Kier alpha value is -0.830. The SMILES string of the molecule is CCCCOCc1ccnn1[C@H](C)CC. The summed E-state index contributed by atoms with van der Waals surface area (Å²) in [5.74, 6) is 0. The monoisotopic (exact) mass is 210 g/mol. The molecule has 1 atom stereocenters. The minimum absolute atomic E-state index is 0.463. The maximum absolute atomic E-state index is 5.59. The van der Waals surface area contributed by atoms with Gasteiger partial charge in [0.25, 0.3) is 0 Å². The molecule has 0 saturated carbocycles. The fourth-order valence-electron chi connectivity index (χ4n) is 1.45. The van der Waals surface area contributed by atoms with Gasteiger partial charge >= 0.3 is 0 Å². The Morgan fingerprint density at radius 1 is 1.47 bits per heavy atom. The maximum Gasteiger partial charge on any atom is 0.0884 e. The van der Waals surface area contributed by atoms with Crippen molar-refractivity contribution in [2.24, 2.45) is 0 Å². The van der Waals surface area contributed by atoms with Gasteiger partial charge in [-0.1, -0.05) is 20.3 Å². The fraction of sp³-hybridized carbons (Fsp3) is 0.750. The van der Waals surface area contributed by atoms with Gasteiger partial charge in [0.15, 0.2) is 0 Å². The molecule has 1 heterocycles. The van der Waals surface area contributed by atoms with Gasteiger partial charge in [-0.05, 0) is 25.8 Å². The molecule has 0 bridgehead atoms. The first-order chi connectivity index (χ1) is 7.29. The summed E-state index contributed by atoms with van der Waals surface area (Å²) in [5.41, 5.74) is 1.18. The van der Waals surface area contributed by atoms with Crippen molar-refractivity contribution in [1.82, 2.24) is 9.78 Å². The van der Waals surface area contributed by atoms with Crippen molar-refractivity contribution in [2.45, 2.75) is 52.7 Å². The molecular weight excluding hydrogens is 188 g/mol. The van der Waals surface area contributed by atoms with Crippen molar-refractivity contribution in [3.63, 3.8) is 0 Å². The van der Waals surface area contributed by atoms with Crippen molar-refractivity contribution in [3.8, 4) is 0 Å². The highest BCUT2D eigenvalue weighted by molar-refractivity contribution is 5.00. The zero-order valence-electron chi connectivity index (χ0n) is 10.1. The quantitative estimate of drug-likeness (QED) is 0.646. The molecule has 0 spiro atoms. The van der Waals surface area contributed by atoms with E-state index in [9.17, 15) is 0 Å². The van der Waals surface area contributed by atoms with Gasteiger partial charge in [-0.25, -0.2) is 0 Å². The van der Waals surface area contributed by atoms with E-state index in [1.807, 2.05) is 12.3 Å². The Morgan fingerprint density at radius 2 is 2.27 bits per heavy atom. The summed E-state index contributed by atoms with van der Waals surface area (Å²) in [6.07, 6.45) is 5.27. The van der Waals surface area contributed by atoms with Crippen LogP contribution < -0.4 is 0 Å². The van der Waals surface area contributed by atoms with E-state index in [0.717, 1.165) is 19.4 Å². The van der Waals surface area contributed by atoms with Crippen molar-refractivity contribution in [1.29, 1.82) is 0 Å². The van der Waals surface area contributed by atoms with Gasteiger partial charge in [0, 0.05) is 18.8 Å². The van der Waals surface area contributed by atoms with Gasteiger partial charge in [0.05, 0.1) is 12.3 Å². The molecular formula is C12H22N2O.